The van der Waals surface area contributed by atoms with Crippen LogP contribution in [0.3, 0.4) is 0 Å². The molecule has 5 amide bonds. The van der Waals surface area contributed by atoms with Gasteiger partial charge in [0.1, 0.15) is 56.9 Å². The fourth-order valence-corrected chi connectivity index (χ4v) is 17.6. The molecule has 1 aliphatic rings. The molecule has 0 spiro atoms. The van der Waals surface area contributed by atoms with Crippen LogP contribution in [0.4, 0.5) is 65.9 Å². The summed E-state index contributed by atoms with van der Waals surface area (Å²) in [7, 11) is 7.81. The van der Waals surface area contributed by atoms with Crippen molar-refractivity contribution in [2.75, 3.05) is 51.3 Å². The normalized spacial score (nSPS) is 12.8. The number of nitrogens with zero attached hydrogens (tertiary/aromatic N) is 14. The molecule has 1 aliphatic heterocycles. The van der Waals surface area contributed by atoms with Crippen LogP contribution in [-0.4, -0.2) is 160 Å². The average molecular weight is 1880 g/mol. The molecule has 14 rings (SSSR count). The number of aromatic nitrogens is 12. The van der Waals surface area contributed by atoms with Crippen LogP contribution < -0.4 is 16.0 Å². The Morgan fingerprint density at radius 2 is 0.856 bits per heavy atom. The third kappa shape index (κ3) is 25.9. The van der Waals surface area contributed by atoms with E-state index in [4.69, 9.17) is 0 Å². The van der Waals surface area contributed by atoms with E-state index in [-0.39, 0.29) is 58.0 Å². The van der Waals surface area contributed by atoms with Gasteiger partial charge in [0.25, 0.3) is 29.5 Å². The van der Waals surface area contributed by atoms with Crippen molar-refractivity contribution in [3.63, 3.8) is 0 Å². The third-order valence-corrected chi connectivity index (χ3v) is 25.6. The van der Waals surface area contributed by atoms with E-state index >= 15 is 0 Å². The Hall–Kier alpha value is -11.0. The first-order chi connectivity index (χ1) is 59.0. The first-order valence-electron chi connectivity index (χ1n) is 37.4. The fraction of sp³-hybridized carbons (Fsp3) is 0.312. The van der Waals surface area contributed by atoms with Crippen molar-refractivity contribution in [3.8, 4) is 52.9 Å². The highest BCUT2D eigenvalue weighted by atomic mass is 32.2. The largest absolute Gasteiger partial charge is 0.433 e. The molecule has 23 nitrogen and oxygen atoms in total. The van der Waals surface area contributed by atoms with Gasteiger partial charge in [0, 0.05) is 105 Å². The Morgan fingerprint density at radius 1 is 0.488 bits per heavy atom. The maximum absolute atomic E-state index is 13.0. The van der Waals surface area contributed by atoms with E-state index in [0.29, 0.717) is 87.1 Å². The molecule has 13 aromatic rings. The number of aliphatic hydroxyl groups excluding tert-OH is 1. The molecule has 0 aliphatic carbocycles. The first kappa shape index (κ1) is 96.2. The molecular weight excluding hydrogens is 1800 g/mol. The molecule has 0 bridgehead atoms. The zero-order valence-electron chi connectivity index (χ0n) is 67.2. The standard InChI is InChI=1S/C20H20F3N3O2S.C16H16F3N5OS.C16H14F3N3OS2.C14H16F3N3OS2.C14H12F3N3OS/c1-12(18(27)13-7-5-4-6-8-13)25(2)19(28)16-10-9-15(29-16)14-11-17(20(21,22)23)26(3)24-14;1-23-14(16(17,18)19)9-11(22-23)12-3-4-13(26-12)15(25)21-5-2-7-24-8-6-20-10-24;1-22-14(16(17,18)19)9-11(21-22)12-4-5-13(25-12)15(23)20-7-6-10-3-2-8-24-10;1-3-22-7-6-18-13(21)11-5-4-10(23-11)9-8-12(14(15,16)17)20(2)19-9;1-19-12(14(15,16)17)8-9(18-19)10-4-5-11(22-10)13(21)20-6-2-3-7-20/h4-12,18,27H,1-3H3;3-4,6,8-10H,2,5,7H2,1H3,(H,21,25);2-5,8-9H,6-7H2,1H3,(H,20,23);4-5,8H,3,6-7H2,1-2H3,(H,18,21);2-5,8H,6-7H2,1H3/t12?,18-;;;;/m1..../s1. The quantitative estimate of drug-likeness (QED) is 0.0250. The summed E-state index contributed by atoms with van der Waals surface area (Å²) in [6, 6.07) is 33.4. The topological polar surface area (TPSA) is 255 Å². The maximum Gasteiger partial charge on any atom is 0.433 e. The van der Waals surface area contributed by atoms with Crippen LogP contribution in [0.1, 0.15) is 114 Å². The molecule has 1 aromatic carbocycles. The molecule has 125 heavy (non-hydrogen) atoms. The zero-order chi connectivity index (χ0) is 91.0. The highest BCUT2D eigenvalue weighted by molar-refractivity contribution is 7.99. The molecule has 666 valence electrons. The monoisotopic (exact) mass is 1880 g/mol. The number of amides is 5. The summed E-state index contributed by atoms with van der Waals surface area (Å²) >= 11 is 8.93. The number of nitrogens with one attached hydrogen (secondary N) is 3. The summed E-state index contributed by atoms with van der Waals surface area (Å²) in [4.78, 5) is 74.3. The van der Waals surface area contributed by atoms with E-state index in [1.165, 1.54) is 45.0 Å². The molecule has 12 aromatic heterocycles. The second-order valence-electron chi connectivity index (χ2n) is 27.1. The smallest absolute Gasteiger partial charge is 0.386 e. The van der Waals surface area contributed by atoms with Gasteiger partial charge in [0.05, 0.1) is 67.2 Å². The van der Waals surface area contributed by atoms with E-state index in [1.807, 2.05) is 53.4 Å². The lowest BCUT2D eigenvalue weighted by atomic mass is 10.0. The number of hydrogen-bond donors (Lipinski definition) is 4. The maximum atomic E-state index is 13.0. The van der Waals surface area contributed by atoms with E-state index in [0.717, 1.165) is 141 Å². The Balaban J connectivity index is 0.000000164. The van der Waals surface area contributed by atoms with Gasteiger partial charge in [0.15, 0.2) is 0 Å². The highest BCUT2D eigenvalue weighted by Gasteiger charge is 2.40. The van der Waals surface area contributed by atoms with Crippen molar-refractivity contribution in [3.05, 3.63) is 233 Å². The molecule has 0 saturated carbocycles. The summed E-state index contributed by atoms with van der Waals surface area (Å²) in [5.41, 5.74) is -2.44. The van der Waals surface area contributed by atoms with Gasteiger partial charge in [-0.3, -0.25) is 47.4 Å². The Kier molecular flexibility index (Phi) is 32.3. The summed E-state index contributed by atoms with van der Waals surface area (Å²) in [6.45, 7) is 7.21. The van der Waals surface area contributed by atoms with Gasteiger partial charge >= 0.3 is 30.9 Å². The summed E-state index contributed by atoms with van der Waals surface area (Å²) in [5, 5.41) is 40.4. The summed E-state index contributed by atoms with van der Waals surface area (Å²) < 4.78 is 199. The molecule has 0 radical (unpaired) electrons. The number of alkyl halides is 15. The molecule has 2 atom stereocenters. The number of rotatable bonds is 24. The van der Waals surface area contributed by atoms with Crippen molar-refractivity contribution in [2.45, 2.75) is 76.3 Å². The second-order valence-corrected chi connectivity index (χ2v) is 35.0. The lowest BCUT2D eigenvalue weighted by Gasteiger charge is -2.29. The number of carbonyl (C=O) groups excluding carboxylic acids is 5. The number of benzene rings is 1. The third-order valence-electron chi connectivity index (χ3n) is 18.3. The van der Waals surface area contributed by atoms with Crippen LogP contribution in [0.25, 0.3) is 52.9 Å². The number of aryl methyl sites for hydroxylation is 6. The van der Waals surface area contributed by atoms with Gasteiger partial charge in [0.2, 0.25) is 0 Å². The van der Waals surface area contributed by atoms with Crippen molar-refractivity contribution >= 4 is 109 Å². The van der Waals surface area contributed by atoms with Crippen LogP contribution in [0.15, 0.2) is 170 Å². The van der Waals surface area contributed by atoms with E-state index in [1.54, 1.807) is 139 Å². The Labute approximate surface area is 732 Å². The predicted octanol–water partition coefficient (Wildman–Crippen LogP) is 18.6. The van der Waals surface area contributed by atoms with Crippen LogP contribution in [0.2, 0.25) is 0 Å². The van der Waals surface area contributed by atoms with Crippen molar-refractivity contribution in [2.24, 2.45) is 35.2 Å². The summed E-state index contributed by atoms with van der Waals surface area (Å²) in [6.07, 6.45) is -12.7. The average Bonchev–Trinajstić information content (AvgIpc) is 1.60. The molecule has 45 heteroatoms. The molecule has 0 fully saturated rings. The molecule has 0 saturated heterocycles. The minimum absolute atomic E-state index is 0.117. The van der Waals surface area contributed by atoms with E-state index in [9.17, 15) is 94.9 Å². The number of likely N-dealkylation sites (N-methyl/N-ethyl adjacent to an activating group) is 1. The number of halogens is 15. The number of thioether (sulfide) groups is 1. The van der Waals surface area contributed by atoms with Crippen molar-refractivity contribution in [1.29, 1.82) is 0 Å². The van der Waals surface area contributed by atoms with E-state index in [2.05, 4.69) is 46.4 Å². The van der Waals surface area contributed by atoms with E-state index < -0.39 is 71.5 Å². The second kappa shape index (κ2) is 41.9. The van der Waals surface area contributed by atoms with Gasteiger partial charge in [-0.25, -0.2) is 4.98 Å². The molecule has 4 N–H and O–H groups in total. The number of hydrogen-bond acceptors (Lipinski definition) is 19. The van der Waals surface area contributed by atoms with Crippen LogP contribution in [0.5, 0.6) is 0 Å². The lowest BCUT2D eigenvalue weighted by Crippen LogP contribution is -2.38. The van der Waals surface area contributed by atoms with Crippen LogP contribution >= 0.6 is 79.8 Å². The van der Waals surface area contributed by atoms with Crippen LogP contribution in [0, 0.1) is 0 Å². The summed E-state index contributed by atoms with van der Waals surface area (Å²) in [5.74, 6) is 0.670. The lowest BCUT2D eigenvalue weighted by molar-refractivity contribution is -0.144. The van der Waals surface area contributed by atoms with Crippen molar-refractivity contribution < 1.29 is 94.9 Å². The number of aliphatic hydroxyl groups is 1. The van der Waals surface area contributed by atoms with Gasteiger partial charge in [-0.05, 0) is 134 Å². The number of carbonyl (C=O) groups is 5. The highest BCUT2D eigenvalue weighted by Crippen LogP contribution is 2.41. The van der Waals surface area contributed by atoms with Gasteiger partial charge in [-0.15, -0.1) is 68.0 Å². The van der Waals surface area contributed by atoms with Crippen molar-refractivity contribution in [1.82, 2.24) is 84.2 Å². The minimum atomic E-state index is -4.50. The fourth-order valence-electron chi connectivity index (χ4n) is 11.8. The molecule has 1 unspecified atom stereocenters. The molecular formula is C80H78F15N17O6S7. The number of imidazole rings is 1. The first-order valence-corrected chi connectivity index (χ1v) is 43.5. The Bertz CT molecular complexity index is 5770. The van der Waals surface area contributed by atoms with Gasteiger partial charge in [-0.2, -0.15) is 103 Å². The van der Waals surface area contributed by atoms with Crippen LogP contribution in [-0.2, 0) is 79.1 Å². The zero-order valence-corrected chi connectivity index (χ0v) is 72.9. The van der Waals surface area contributed by atoms with Gasteiger partial charge in [-0.1, -0.05) is 55.5 Å². The minimum Gasteiger partial charge on any atom is -0.386 e. The number of thiophene rings is 6. The van der Waals surface area contributed by atoms with Gasteiger partial charge < -0.3 is 35.4 Å². The molecule has 13 heterocycles. The predicted molar refractivity (Wildman–Crippen MR) is 450 cm³/mol. The SMILES string of the molecule is CC([C@@H](O)c1ccccc1)N(C)C(=O)c1ccc(-c2cc(C(F)(F)F)n(C)n2)s1.CCSCCNC(=O)c1ccc(-c2cc(C(F)(F)F)n(C)n2)s1.Cn1nc(-c2ccc(C(=O)N3CC=CC3)s2)cc1C(F)(F)F.Cn1nc(-c2ccc(C(=O)NCCCn3ccnc3)s2)cc1C(F)(F)F.Cn1nc(-c2ccc(C(=O)NCCc3cccs3)s2)cc1C(F)(F)F. The Morgan fingerprint density at radius 3 is 1.22 bits per heavy atom.